The Balaban J connectivity index is 0.000000309. The number of esters is 1. The van der Waals surface area contributed by atoms with Gasteiger partial charge in [-0.25, -0.2) is 19.2 Å². The number of benzene rings is 1. The molecule has 0 N–H and O–H groups in total. The van der Waals surface area contributed by atoms with E-state index in [9.17, 15) is 33.6 Å². The second-order valence-corrected chi connectivity index (χ2v) is 21.9. The zero-order valence-corrected chi connectivity index (χ0v) is 50.8. The minimum atomic E-state index is -0.648. The van der Waals surface area contributed by atoms with Crippen molar-refractivity contribution in [3.05, 3.63) is 88.3 Å². The van der Waals surface area contributed by atoms with Crippen LogP contribution < -0.4 is 5.82 Å². The van der Waals surface area contributed by atoms with Gasteiger partial charge < -0.3 is 56.2 Å². The van der Waals surface area contributed by atoms with Crippen LogP contribution in [0.1, 0.15) is 118 Å². The highest BCUT2D eigenvalue weighted by atomic mass is 32.1. The molecule has 81 heavy (non-hydrogen) atoms. The first-order valence-corrected chi connectivity index (χ1v) is 28.6. The van der Waals surface area contributed by atoms with Gasteiger partial charge in [0.1, 0.15) is 44.9 Å². The average molecular weight is 1180 g/mol. The Morgan fingerprint density at radius 1 is 0.568 bits per heavy atom. The molecule has 11 rings (SSSR count). The van der Waals surface area contributed by atoms with E-state index in [4.69, 9.17) is 37.3 Å². The standard InChI is InChI=1S/C8H6O3.C7H12O.C6H7N.C6H11O3P.C6H10O2.C6H12O.C6H6O.C5H8O3.C5H8O2S.C4H6O3/c1-5-2-3-6-7(4-5)11-8(9)10-6;1-6-2-4-7(8)5-3-6;1-6-2-4-7-5-3-6;1-6(4-10)2-8-5(7)9-3-6;1-5-2-3-6(7)8-4-5;1-6-2-4-7-5-3-6;1-5-2-3-6(7)4-5;1-4-2-7-5(6)8-3-4;1-4-2-6-5(8)7-3-4;1-3-2-6-4(5)7-3/h2-4H,1H3;6H,2-5H2,1H3;2-5H,1H3;2-4,10H2,1H3;5H,2-4H2,1H3;6H,2-5H2,1H3;2-4H,1H3;2*4H,2-3H2,1H3;3H,2H2,1H3. The third-order valence-electron chi connectivity index (χ3n) is 12.2. The van der Waals surface area contributed by atoms with E-state index >= 15 is 0 Å². The summed E-state index contributed by atoms with van der Waals surface area (Å²) in [6, 6.07) is 9.29. The van der Waals surface area contributed by atoms with Gasteiger partial charge in [0, 0.05) is 74.3 Å². The van der Waals surface area contributed by atoms with Crippen LogP contribution in [0.15, 0.2) is 80.2 Å². The zero-order chi connectivity index (χ0) is 60.2. The number of fused-ring (bicyclic) bond motifs is 1. The molecule has 3 atom stereocenters. The summed E-state index contributed by atoms with van der Waals surface area (Å²) >= 11 is 4.61. The molecule has 452 valence electrons. The van der Waals surface area contributed by atoms with Crippen molar-refractivity contribution in [2.24, 2.45) is 35.0 Å². The lowest BCUT2D eigenvalue weighted by Gasteiger charge is -2.30. The number of aromatic nitrogens is 1. The summed E-state index contributed by atoms with van der Waals surface area (Å²) in [6.45, 7) is 26.6. The number of thiocarbonyl (C=S) groups is 1. The van der Waals surface area contributed by atoms with E-state index in [1.54, 1.807) is 43.6 Å². The summed E-state index contributed by atoms with van der Waals surface area (Å²) in [7, 11) is 2.62. The second-order valence-electron chi connectivity index (χ2n) is 21.2. The van der Waals surface area contributed by atoms with E-state index < -0.39 is 24.3 Å². The lowest BCUT2D eigenvalue weighted by atomic mass is 9.90. The van der Waals surface area contributed by atoms with E-state index in [0.717, 1.165) is 74.5 Å². The van der Waals surface area contributed by atoms with Crippen LogP contribution in [-0.2, 0) is 61.8 Å². The van der Waals surface area contributed by atoms with Crippen LogP contribution in [0.5, 0.6) is 0 Å². The van der Waals surface area contributed by atoms with Gasteiger partial charge in [-0.1, -0.05) is 53.7 Å². The predicted molar refractivity (Wildman–Crippen MR) is 310 cm³/mol. The number of carbonyl (C=O) groups excluding carboxylic acids is 6. The Kier molecular flexibility index (Phi) is 35.1. The van der Waals surface area contributed by atoms with Gasteiger partial charge in [0.25, 0.3) is 0 Å². The Morgan fingerprint density at radius 2 is 1.09 bits per heavy atom. The number of cyclic esters (lactones) is 7. The van der Waals surface area contributed by atoms with Crippen molar-refractivity contribution in [3.8, 4) is 0 Å². The number of ketones is 2. The number of allylic oxidation sites excluding steroid dienone is 4. The summed E-state index contributed by atoms with van der Waals surface area (Å²) in [6.07, 6.45) is 15.8. The van der Waals surface area contributed by atoms with E-state index in [1.165, 1.54) is 18.4 Å². The Hall–Kier alpha value is -6.18. The highest BCUT2D eigenvalue weighted by Crippen LogP contribution is 2.24. The Morgan fingerprint density at radius 3 is 1.46 bits per heavy atom. The maximum absolute atomic E-state index is 10.6. The van der Waals surface area contributed by atoms with Crippen LogP contribution in [0, 0.1) is 48.9 Å². The van der Waals surface area contributed by atoms with Crippen molar-refractivity contribution >= 4 is 73.9 Å². The molecule has 6 aliphatic heterocycles. The smallest absolute Gasteiger partial charge is 0.465 e. The number of ether oxygens (including phenoxy) is 10. The molecule has 0 amide bonds. The van der Waals surface area contributed by atoms with Crippen LogP contribution in [-0.4, -0.2) is 125 Å². The molecule has 1 saturated carbocycles. The topological polar surface area (TPSA) is 251 Å². The molecule has 0 radical (unpaired) electrons. The van der Waals surface area contributed by atoms with Gasteiger partial charge in [-0.3, -0.25) is 19.4 Å². The first kappa shape index (κ1) is 70.9. The molecular formula is C59H86NO19PS. The van der Waals surface area contributed by atoms with Gasteiger partial charge in [0.15, 0.2) is 16.9 Å². The highest BCUT2D eigenvalue weighted by Gasteiger charge is 2.31. The maximum Gasteiger partial charge on any atom is 0.519 e. The quantitative estimate of drug-likeness (QED) is 0.0950. The van der Waals surface area contributed by atoms with Crippen LogP contribution in [0.3, 0.4) is 0 Å². The summed E-state index contributed by atoms with van der Waals surface area (Å²) < 4.78 is 56.5. The maximum atomic E-state index is 10.6. The Bertz CT molecular complexity index is 2330. The molecule has 0 bridgehead atoms. The van der Waals surface area contributed by atoms with Crippen molar-refractivity contribution in [2.75, 3.05) is 72.2 Å². The highest BCUT2D eigenvalue weighted by molar-refractivity contribution is 7.79. The number of aryl methyl sites for hydroxylation is 2. The summed E-state index contributed by atoms with van der Waals surface area (Å²) in [5, 5.41) is 0.295. The molecule has 0 spiro atoms. The summed E-state index contributed by atoms with van der Waals surface area (Å²) in [4.78, 5) is 76.3. The first-order chi connectivity index (χ1) is 38.4. The molecular weight excluding hydrogens is 1090 g/mol. The number of carbonyl (C=O) groups is 6. The Labute approximate surface area is 484 Å². The molecule has 2 aliphatic carbocycles. The summed E-state index contributed by atoms with van der Waals surface area (Å²) in [5.41, 5.74) is 4.36. The van der Waals surface area contributed by atoms with Crippen molar-refractivity contribution in [3.63, 3.8) is 0 Å². The molecule has 7 fully saturated rings. The minimum absolute atomic E-state index is 0.00141. The molecule has 1 aromatic carbocycles. The van der Waals surface area contributed by atoms with E-state index in [2.05, 4.69) is 73.1 Å². The van der Waals surface area contributed by atoms with E-state index in [-0.39, 0.29) is 23.3 Å². The van der Waals surface area contributed by atoms with Crippen LogP contribution in [0.25, 0.3) is 11.2 Å². The SMILES string of the molecule is CC1(CP)COC(=O)OC1.CC1=CC(=O)C=C1.CC1CCC(=O)CC1.CC1CCC(=O)OC1.CC1CCOCC1.CC1COC(=O)O1.CC1COC(=O)OC1.CC1COC(=S)OC1.Cc1ccc2oc(=O)oc2c1.Cc1ccncc1. The van der Waals surface area contributed by atoms with Gasteiger partial charge in [0.05, 0.1) is 19.8 Å². The third-order valence-corrected chi connectivity index (χ3v) is 13.4. The van der Waals surface area contributed by atoms with Crippen molar-refractivity contribution in [2.45, 2.75) is 127 Å². The molecule has 3 unspecified atom stereocenters. The minimum Gasteiger partial charge on any atom is -0.465 e. The van der Waals surface area contributed by atoms with Gasteiger partial charge in [-0.15, -0.1) is 9.24 Å². The predicted octanol–water partition coefficient (Wildman–Crippen LogP) is 11.6. The lowest BCUT2D eigenvalue weighted by Crippen LogP contribution is -2.38. The number of nitrogens with zero attached hydrogens (tertiary/aromatic N) is 1. The molecule has 6 saturated heterocycles. The fourth-order valence-electron chi connectivity index (χ4n) is 6.70. The van der Waals surface area contributed by atoms with Crippen LogP contribution in [0.4, 0.5) is 14.4 Å². The van der Waals surface area contributed by atoms with Crippen molar-refractivity contribution < 1.29 is 85.0 Å². The molecule has 2 aromatic heterocycles. The number of Topliss-reactive ketones (excluding diaryl/α,β-unsaturated/α-hetero) is 1. The number of pyridine rings is 1. The van der Waals surface area contributed by atoms with Gasteiger partial charge in [-0.2, -0.15) is 0 Å². The van der Waals surface area contributed by atoms with Crippen LogP contribution in [0.2, 0.25) is 0 Å². The molecule has 3 aromatic rings. The molecule has 8 aliphatic rings. The van der Waals surface area contributed by atoms with Gasteiger partial charge in [0.2, 0.25) is 0 Å². The van der Waals surface area contributed by atoms with E-state index in [1.807, 2.05) is 58.9 Å². The fraction of sp³-hybridized carbons (Fsp3) is 0.610. The molecule has 20 nitrogen and oxygen atoms in total. The number of rotatable bonds is 1. The van der Waals surface area contributed by atoms with Crippen LogP contribution >= 0.6 is 21.5 Å². The third kappa shape index (κ3) is 35.3. The monoisotopic (exact) mass is 1180 g/mol. The molecule has 22 heteroatoms. The lowest BCUT2D eigenvalue weighted by molar-refractivity contribution is -0.149. The van der Waals surface area contributed by atoms with Crippen molar-refractivity contribution in [1.82, 2.24) is 4.98 Å². The average Bonchev–Trinajstić information content (AvgIpc) is 4.16. The molecule has 8 heterocycles. The van der Waals surface area contributed by atoms with Crippen molar-refractivity contribution in [1.29, 1.82) is 0 Å². The summed E-state index contributed by atoms with van der Waals surface area (Å²) in [5.74, 6) is 3.01. The normalized spacial score (nSPS) is 20.9. The largest absolute Gasteiger partial charge is 0.519 e. The zero-order valence-electron chi connectivity index (χ0n) is 48.9. The van der Waals surface area contributed by atoms with Gasteiger partial charge in [-0.05, 0) is 137 Å². The van der Waals surface area contributed by atoms with E-state index in [0.29, 0.717) is 99.2 Å². The number of hydrogen-bond donors (Lipinski definition) is 0. The van der Waals surface area contributed by atoms with Gasteiger partial charge >= 0.3 is 35.5 Å². The fourth-order valence-corrected chi connectivity index (χ4v) is 7.07. The number of hydrogen-bond acceptors (Lipinski definition) is 21. The second kappa shape index (κ2) is 40.1. The first-order valence-electron chi connectivity index (χ1n) is 27.4.